The van der Waals surface area contributed by atoms with Gasteiger partial charge < -0.3 is 5.11 Å². The molecule has 0 saturated carbocycles. The molecule has 0 heterocycles. The van der Waals surface area contributed by atoms with E-state index in [1.165, 1.54) is 12.9 Å². The van der Waals surface area contributed by atoms with E-state index >= 15 is 0 Å². The van der Waals surface area contributed by atoms with Gasteiger partial charge in [0.15, 0.2) is 0 Å². The van der Waals surface area contributed by atoms with Gasteiger partial charge in [-0.05, 0) is 6.92 Å². The van der Waals surface area contributed by atoms with Crippen molar-refractivity contribution in [1.29, 1.82) is 0 Å². The SMILES string of the molecule is CC(=C=O)C(=O)O.[Ti]. The Morgan fingerprint density at radius 2 is 2.00 bits per heavy atom. The van der Waals surface area contributed by atoms with Gasteiger partial charge in [0.25, 0.3) is 0 Å². The Morgan fingerprint density at radius 1 is 1.62 bits per heavy atom. The first-order valence-corrected chi connectivity index (χ1v) is 1.63. The van der Waals surface area contributed by atoms with E-state index in [9.17, 15) is 9.59 Å². The maximum Gasteiger partial charge on any atom is 0.342 e. The van der Waals surface area contributed by atoms with E-state index in [4.69, 9.17) is 5.11 Å². The topological polar surface area (TPSA) is 54.4 Å². The fourth-order valence-electron chi connectivity index (χ4n) is 0.0437. The summed E-state index contributed by atoms with van der Waals surface area (Å²) in [6.07, 6.45) is 0. The first kappa shape index (κ1) is 10.6. The third-order valence-corrected chi connectivity index (χ3v) is 0.474. The van der Waals surface area contributed by atoms with Crippen molar-refractivity contribution in [2.45, 2.75) is 6.92 Å². The Kier molecular flexibility index (Phi) is 6.33. The van der Waals surface area contributed by atoms with Crippen molar-refractivity contribution >= 4 is 11.9 Å². The Bertz CT molecular complexity index is 134. The van der Waals surface area contributed by atoms with E-state index in [1.807, 2.05) is 0 Å². The van der Waals surface area contributed by atoms with Crippen molar-refractivity contribution in [3.05, 3.63) is 5.57 Å². The molecule has 0 bridgehead atoms. The van der Waals surface area contributed by atoms with E-state index in [-0.39, 0.29) is 27.3 Å². The third-order valence-electron chi connectivity index (χ3n) is 0.474. The number of carboxylic acids is 1. The molecule has 0 rings (SSSR count). The third kappa shape index (κ3) is 3.81. The molecule has 0 radical (unpaired) electrons. The number of hydrogen-bond donors (Lipinski definition) is 1. The zero-order valence-electron chi connectivity index (χ0n) is 4.26. The van der Waals surface area contributed by atoms with E-state index in [0.717, 1.165) is 0 Å². The van der Waals surface area contributed by atoms with Gasteiger partial charge in [-0.25, -0.2) is 9.59 Å². The van der Waals surface area contributed by atoms with Crippen LogP contribution in [-0.2, 0) is 31.3 Å². The largest absolute Gasteiger partial charge is 0.477 e. The van der Waals surface area contributed by atoms with Crippen LogP contribution in [0.1, 0.15) is 6.92 Å². The van der Waals surface area contributed by atoms with Gasteiger partial charge in [0.1, 0.15) is 11.5 Å². The van der Waals surface area contributed by atoms with Gasteiger partial charge in [-0.15, -0.1) is 0 Å². The number of carbonyl (C=O) groups excluding carboxylic acids is 1. The summed E-state index contributed by atoms with van der Waals surface area (Å²) < 4.78 is 0. The fourth-order valence-corrected chi connectivity index (χ4v) is 0.0437. The zero-order chi connectivity index (χ0) is 5.86. The average Bonchev–Trinajstić information content (AvgIpc) is 1.65. The average molecular weight is 148 g/mol. The van der Waals surface area contributed by atoms with Crippen molar-refractivity contribution in [2.24, 2.45) is 0 Å². The minimum absolute atomic E-state index is 0. The summed E-state index contributed by atoms with van der Waals surface area (Å²) in [7, 11) is 0. The first-order chi connectivity index (χ1) is 3.18. The fraction of sp³-hybridized carbons (Fsp3) is 0.250. The normalized spacial score (nSPS) is 6.12. The van der Waals surface area contributed by atoms with Crippen molar-refractivity contribution < 1.29 is 36.4 Å². The van der Waals surface area contributed by atoms with E-state index < -0.39 is 5.97 Å². The predicted octanol–water partition coefficient (Wildman–Crippen LogP) is -0.154. The number of rotatable bonds is 1. The molecule has 3 nitrogen and oxygen atoms in total. The second kappa shape index (κ2) is 4.79. The van der Waals surface area contributed by atoms with Crippen molar-refractivity contribution in [2.75, 3.05) is 0 Å². The van der Waals surface area contributed by atoms with Gasteiger partial charge in [-0.1, -0.05) is 0 Å². The smallest absolute Gasteiger partial charge is 0.342 e. The molecule has 0 spiro atoms. The van der Waals surface area contributed by atoms with Crippen LogP contribution in [0.15, 0.2) is 5.57 Å². The molecule has 0 fully saturated rings. The summed E-state index contributed by atoms with van der Waals surface area (Å²) in [5.41, 5.74) is -0.292. The molecule has 0 aromatic carbocycles. The Hall–Kier alpha value is -0.366. The standard InChI is InChI=1S/C4H4O3.Ti/c1-3(2-5)4(6)7;/h1H3,(H,6,7);. The minimum atomic E-state index is -1.21. The molecule has 0 aliphatic rings. The maximum atomic E-state index is 9.63. The Balaban J connectivity index is 0. The molecule has 0 atom stereocenters. The Morgan fingerprint density at radius 3 is 2.00 bits per heavy atom. The molecule has 0 saturated heterocycles. The molecule has 4 heteroatoms. The molecule has 0 aromatic rings. The number of hydrogen-bond acceptors (Lipinski definition) is 2. The molecule has 0 aliphatic carbocycles. The van der Waals surface area contributed by atoms with Gasteiger partial charge in [-0.2, -0.15) is 0 Å². The molecular formula is C4H4O3Ti. The number of aliphatic carboxylic acids is 1. The van der Waals surface area contributed by atoms with Crippen LogP contribution in [0.25, 0.3) is 0 Å². The molecule has 0 aliphatic heterocycles. The second-order valence-corrected chi connectivity index (χ2v) is 1.03. The van der Waals surface area contributed by atoms with Crippen LogP contribution in [0.4, 0.5) is 0 Å². The van der Waals surface area contributed by atoms with Crippen molar-refractivity contribution in [3.8, 4) is 0 Å². The van der Waals surface area contributed by atoms with E-state index in [0.29, 0.717) is 0 Å². The molecule has 0 aromatic heterocycles. The first-order valence-electron chi connectivity index (χ1n) is 1.63. The van der Waals surface area contributed by atoms with Gasteiger partial charge in [0, 0.05) is 21.7 Å². The van der Waals surface area contributed by atoms with Gasteiger partial charge in [0.05, 0.1) is 0 Å². The monoisotopic (exact) mass is 148 g/mol. The summed E-state index contributed by atoms with van der Waals surface area (Å²) in [5, 5.41) is 7.88. The number of carboxylic acid groups (broad SMARTS) is 1. The van der Waals surface area contributed by atoms with Crippen LogP contribution in [0.5, 0.6) is 0 Å². The summed E-state index contributed by atoms with van der Waals surface area (Å²) in [4.78, 5) is 19.0. The van der Waals surface area contributed by atoms with Crippen LogP contribution < -0.4 is 0 Å². The summed E-state index contributed by atoms with van der Waals surface area (Å²) in [5.74, 6) is 0.0185. The van der Waals surface area contributed by atoms with Crippen LogP contribution in [0.3, 0.4) is 0 Å². The summed E-state index contributed by atoms with van der Waals surface area (Å²) in [6.45, 7) is 1.19. The van der Waals surface area contributed by atoms with Gasteiger partial charge in [0.2, 0.25) is 0 Å². The molecule has 42 valence electrons. The van der Waals surface area contributed by atoms with Crippen LogP contribution in [0.2, 0.25) is 0 Å². The van der Waals surface area contributed by atoms with Crippen LogP contribution >= 0.6 is 0 Å². The van der Waals surface area contributed by atoms with E-state index in [2.05, 4.69) is 0 Å². The second-order valence-electron chi connectivity index (χ2n) is 1.03. The number of carbonyl (C=O) groups is 1. The molecule has 1 N–H and O–H groups in total. The van der Waals surface area contributed by atoms with Crippen molar-refractivity contribution in [1.82, 2.24) is 0 Å². The summed E-state index contributed by atoms with van der Waals surface area (Å²) >= 11 is 0. The zero-order valence-corrected chi connectivity index (χ0v) is 5.83. The predicted molar refractivity (Wildman–Crippen MR) is 22.5 cm³/mol. The molecule has 0 unspecified atom stereocenters. The molecule has 0 amide bonds. The quantitative estimate of drug-likeness (QED) is 0.319. The van der Waals surface area contributed by atoms with Crippen molar-refractivity contribution in [3.63, 3.8) is 0 Å². The molecular weight excluding hydrogens is 144 g/mol. The molecule has 8 heavy (non-hydrogen) atoms. The van der Waals surface area contributed by atoms with Gasteiger partial charge >= 0.3 is 5.97 Å². The van der Waals surface area contributed by atoms with Gasteiger partial charge in [-0.3, -0.25) is 0 Å². The minimum Gasteiger partial charge on any atom is -0.477 e. The maximum absolute atomic E-state index is 9.63. The van der Waals surface area contributed by atoms with E-state index in [1.54, 1.807) is 0 Å². The Labute approximate surface area is 61.3 Å². The van der Waals surface area contributed by atoms with Crippen LogP contribution in [-0.4, -0.2) is 17.0 Å². The van der Waals surface area contributed by atoms with Crippen LogP contribution in [0, 0.1) is 0 Å². The summed E-state index contributed by atoms with van der Waals surface area (Å²) in [6, 6.07) is 0.